The lowest BCUT2D eigenvalue weighted by Crippen LogP contribution is -2.36. The average Bonchev–Trinajstić information content (AvgIpc) is 2.66. The number of nitrogens with one attached hydrogen (secondary N) is 1. The molecule has 7 heteroatoms. The van der Waals surface area contributed by atoms with Crippen LogP contribution in [0.2, 0.25) is 0 Å². The fourth-order valence-corrected chi connectivity index (χ4v) is 4.46. The third-order valence-electron chi connectivity index (χ3n) is 5.95. The lowest BCUT2D eigenvalue weighted by molar-refractivity contribution is 0.211. The second kappa shape index (κ2) is 7.05. The zero-order valence-electron chi connectivity index (χ0n) is 16.7. The highest BCUT2D eigenvalue weighted by molar-refractivity contribution is 6.16. The van der Waals surface area contributed by atoms with Crippen molar-refractivity contribution in [2.75, 3.05) is 18.2 Å². The molecule has 28 heavy (non-hydrogen) atoms. The van der Waals surface area contributed by atoms with Crippen LogP contribution >= 0.6 is 0 Å². The van der Waals surface area contributed by atoms with Gasteiger partial charge in [-0.1, -0.05) is 11.2 Å². The van der Waals surface area contributed by atoms with Gasteiger partial charge in [-0.3, -0.25) is 0 Å². The number of oxime groups is 1. The minimum atomic E-state index is -0.472. The van der Waals surface area contributed by atoms with Gasteiger partial charge in [0, 0.05) is 39.9 Å². The van der Waals surface area contributed by atoms with Crippen molar-refractivity contribution >= 4 is 17.2 Å². The molecular weight excluding hydrogens is 352 g/mol. The Morgan fingerprint density at radius 2 is 1.89 bits per heavy atom. The summed E-state index contributed by atoms with van der Waals surface area (Å²) in [5, 5.41) is 8.04. The van der Waals surface area contributed by atoms with Crippen LogP contribution in [0, 0.1) is 0 Å². The van der Waals surface area contributed by atoms with E-state index in [0.29, 0.717) is 17.9 Å². The molecule has 1 heterocycles. The molecule has 0 amide bonds. The van der Waals surface area contributed by atoms with E-state index >= 15 is 0 Å². The Kier molecular flexibility index (Phi) is 4.71. The summed E-state index contributed by atoms with van der Waals surface area (Å²) in [4.78, 5) is 14.0. The molecule has 1 fully saturated rings. The topological polar surface area (TPSA) is 111 Å². The fourth-order valence-electron chi connectivity index (χ4n) is 4.46. The van der Waals surface area contributed by atoms with Crippen LogP contribution in [-0.2, 0) is 10.3 Å². The molecule has 1 saturated carbocycles. The van der Waals surface area contributed by atoms with Crippen molar-refractivity contribution in [3.63, 3.8) is 0 Å². The van der Waals surface area contributed by atoms with Crippen LogP contribution in [0.5, 0.6) is 0 Å². The summed E-state index contributed by atoms with van der Waals surface area (Å²) >= 11 is 0. The number of benzene rings is 1. The Morgan fingerprint density at radius 3 is 2.61 bits per heavy atom. The molecule has 0 unspecified atom stereocenters. The van der Waals surface area contributed by atoms with Crippen LogP contribution in [0.1, 0.15) is 50.7 Å². The number of nitrogens with zero attached hydrogens (tertiary/aromatic N) is 3. The normalized spacial score (nSPS) is 24.4. The second-order valence-corrected chi connectivity index (χ2v) is 8.25. The van der Waals surface area contributed by atoms with Gasteiger partial charge in [0.05, 0.1) is 11.4 Å². The Bertz CT molecular complexity index is 915. The molecule has 4 rings (SSSR count). The van der Waals surface area contributed by atoms with Crippen LogP contribution in [0.3, 0.4) is 0 Å². The fraction of sp³-hybridized carbons (Fsp3) is 0.476. The van der Waals surface area contributed by atoms with Crippen LogP contribution in [0.25, 0.3) is 11.3 Å². The number of nitrogens with two attached hydrogens (primary N) is 2. The number of hydrogen-bond donors (Lipinski definition) is 3. The lowest BCUT2D eigenvalue weighted by Gasteiger charge is -2.35. The maximum Gasteiger partial charge on any atom is 0.131 e. The minimum Gasteiger partial charge on any atom is -0.399 e. The van der Waals surface area contributed by atoms with Gasteiger partial charge in [0.1, 0.15) is 19.3 Å². The van der Waals surface area contributed by atoms with Crippen LogP contribution in [-0.4, -0.2) is 34.9 Å². The van der Waals surface area contributed by atoms with E-state index < -0.39 is 5.41 Å². The highest BCUT2D eigenvalue weighted by Crippen LogP contribution is 2.45. The minimum absolute atomic E-state index is 0.337. The van der Waals surface area contributed by atoms with E-state index in [0.717, 1.165) is 59.5 Å². The van der Waals surface area contributed by atoms with Gasteiger partial charge in [-0.2, -0.15) is 0 Å². The summed E-state index contributed by atoms with van der Waals surface area (Å²) < 4.78 is 0. The van der Waals surface area contributed by atoms with Gasteiger partial charge >= 0.3 is 0 Å². The molecule has 0 radical (unpaired) electrons. The van der Waals surface area contributed by atoms with E-state index in [1.807, 2.05) is 0 Å². The van der Waals surface area contributed by atoms with Crippen LogP contribution < -0.4 is 16.8 Å². The molecule has 2 aliphatic rings. The van der Waals surface area contributed by atoms with Gasteiger partial charge < -0.3 is 21.6 Å². The summed E-state index contributed by atoms with van der Waals surface area (Å²) in [5.74, 6) is 0.477. The number of aromatic nitrogens is 2. The molecular formula is C21H28N6O. The van der Waals surface area contributed by atoms with E-state index in [-0.39, 0.29) is 0 Å². The van der Waals surface area contributed by atoms with Gasteiger partial charge in [-0.15, -0.1) is 0 Å². The molecule has 0 aliphatic heterocycles. The Balaban J connectivity index is 1.78. The summed E-state index contributed by atoms with van der Waals surface area (Å²) in [6, 6.07) is 7.10. The van der Waals surface area contributed by atoms with E-state index in [4.69, 9.17) is 16.3 Å². The van der Waals surface area contributed by atoms with Crippen molar-refractivity contribution in [1.29, 1.82) is 0 Å². The smallest absolute Gasteiger partial charge is 0.131 e. The van der Waals surface area contributed by atoms with Gasteiger partial charge in [0.2, 0.25) is 0 Å². The number of anilines is 2. The SMILES string of the molecule is CON=C1c2cc(NC3CCC(N)CC3)ccc2-c2ncnc(N)c2C1(C)C. The molecule has 1 aromatic heterocycles. The standard InChI is InChI=1S/C21H28N6O/c1-21(2)17-18(24-11-25-20(17)23)15-9-8-14(10-16(15)19(21)27-28-3)26-13-6-4-12(22)5-7-13/h8-13,26H,4-7,22H2,1-3H3,(H2,23,24,25). The first-order chi connectivity index (χ1) is 13.4. The molecule has 5 N–H and O–H groups in total. The van der Waals surface area contributed by atoms with Crippen molar-refractivity contribution in [3.05, 3.63) is 35.7 Å². The second-order valence-electron chi connectivity index (χ2n) is 8.25. The Morgan fingerprint density at radius 1 is 1.14 bits per heavy atom. The Labute approximate surface area is 165 Å². The Hall–Kier alpha value is -2.67. The van der Waals surface area contributed by atoms with Crippen molar-refractivity contribution < 1.29 is 4.84 Å². The number of hydrogen-bond acceptors (Lipinski definition) is 7. The van der Waals surface area contributed by atoms with Gasteiger partial charge in [-0.05, 0) is 51.7 Å². The molecule has 1 aromatic carbocycles. The number of fused-ring (bicyclic) bond motifs is 3. The first-order valence-electron chi connectivity index (χ1n) is 9.81. The van der Waals surface area contributed by atoms with Gasteiger partial charge in [0.25, 0.3) is 0 Å². The lowest BCUT2D eigenvalue weighted by atomic mass is 9.70. The summed E-state index contributed by atoms with van der Waals surface area (Å²) in [6.45, 7) is 4.16. The van der Waals surface area contributed by atoms with Crippen molar-refractivity contribution in [3.8, 4) is 11.3 Å². The van der Waals surface area contributed by atoms with Crippen molar-refractivity contribution in [1.82, 2.24) is 9.97 Å². The number of nitrogen functional groups attached to an aromatic ring is 1. The monoisotopic (exact) mass is 380 g/mol. The van der Waals surface area contributed by atoms with Crippen LogP contribution in [0.4, 0.5) is 11.5 Å². The maximum absolute atomic E-state index is 6.23. The quantitative estimate of drug-likeness (QED) is 0.706. The summed E-state index contributed by atoms with van der Waals surface area (Å²) in [7, 11) is 1.57. The predicted molar refractivity (Wildman–Crippen MR) is 112 cm³/mol. The molecule has 7 nitrogen and oxygen atoms in total. The highest BCUT2D eigenvalue weighted by atomic mass is 16.6. The summed E-state index contributed by atoms with van der Waals surface area (Å²) in [6.07, 6.45) is 5.83. The summed E-state index contributed by atoms with van der Waals surface area (Å²) in [5.41, 5.74) is 17.4. The van der Waals surface area contributed by atoms with Crippen molar-refractivity contribution in [2.24, 2.45) is 10.9 Å². The highest BCUT2D eigenvalue weighted by Gasteiger charge is 2.40. The van der Waals surface area contributed by atoms with E-state index in [9.17, 15) is 0 Å². The first-order valence-corrected chi connectivity index (χ1v) is 9.81. The zero-order chi connectivity index (χ0) is 19.9. The molecule has 0 spiro atoms. The molecule has 2 aliphatic carbocycles. The third kappa shape index (κ3) is 3.09. The van der Waals surface area contributed by atoms with E-state index in [1.54, 1.807) is 7.11 Å². The van der Waals surface area contributed by atoms with Gasteiger partial charge in [0.15, 0.2) is 0 Å². The maximum atomic E-state index is 6.23. The molecule has 2 aromatic rings. The third-order valence-corrected chi connectivity index (χ3v) is 5.95. The van der Waals surface area contributed by atoms with E-state index in [1.165, 1.54) is 6.33 Å². The first kappa shape index (κ1) is 18.7. The predicted octanol–water partition coefficient (Wildman–Crippen LogP) is 3.05. The van der Waals surface area contributed by atoms with Crippen molar-refractivity contribution in [2.45, 2.75) is 57.0 Å². The van der Waals surface area contributed by atoms with Crippen LogP contribution in [0.15, 0.2) is 29.7 Å². The van der Waals surface area contributed by atoms with E-state index in [2.05, 4.69) is 52.5 Å². The zero-order valence-corrected chi connectivity index (χ0v) is 16.7. The molecule has 148 valence electrons. The number of rotatable bonds is 3. The average molecular weight is 380 g/mol. The molecule has 0 bridgehead atoms. The van der Waals surface area contributed by atoms with Gasteiger partial charge in [-0.25, -0.2) is 9.97 Å². The molecule has 0 atom stereocenters. The largest absolute Gasteiger partial charge is 0.399 e. The molecule has 0 saturated heterocycles.